The highest BCUT2D eigenvalue weighted by Gasteiger charge is 2.19. The van der Waals surface area contributed by atoms with Crippen molar-refractivity contribution < 1.29 is 14.6 Å². The zero-order valence-corrected chi connectivity index (χ0v) is 10.1. The largest absolute Gasteiger partial charge is 0.496 e. The summed E-state index contributed by atoms with van der Waals surface area (Å²) in [6.45, 7) is -0.473. The van der Waals surface area contributed by atoms with Gasteiger partial charge >= 0.3 is 0 Å². The molecule has 1 aliphatic carbocycles. The van der Waals surface area contributed by atoms with Crippen LogP contribution in [0.15, 0.2) is 18.2 Å². The predicted molar refractivity (Wildman–Crippen MR) is 65.6 cm³/mol. The van der Waals surface area contributed by atoms with Crippen molar-refractivity contribution in [2.75, 3.05) is 13.7 Å². The summed E-state index contributed by atoms with van der Waals surface area (Å²) >= 11 is 0. The molecule has 0 aromatic heterocycles. The fraction of sp³-hybridized carbons (Fsp3) is 0.500. The molecule has 1 saturated carbocycles. The number of Topliss-reactive ketones (excluding diaryl/α,β-unsaturated/α-hetero) is 1. The Labute approximate surface area is 101 Å². The lowest BCUT2D eigenvalue weighted by atomic mass is 9.95. The first-order valence-corrected chi connectivity index (χ1v) is 6.08. The van der Waals surface area contributed by atoms with E-state index in [0.717, 1.165) is 0 Å². The number of aliphatic hydroxyl groups excluding tert-OH is 1. The van der Waals surface area contributed by atoms with Gasteiger partial charge in [-0.15, -0.1) is 0 Å². The van der Waals surface area contributed by atoms with Crippen molar-refractivity contribution in [3.8, 4) is 5.75 Å². The molecule has 0 unspecified atom stereocenters. The Hall–Kier alpha value is -1.35. The molecule has 3 nitrogen and oxygen atoms in total. The van der Waals surface area contributed by atoms with Gasteiger partial charge in [-0.3, -0.25) is 4.79 Å². The predicted octanol–water partition coefficient (Wildman–Crippen LogP) is 2.53. The van der Waals surface area contributed by atoms with E-state index in [0.29, 0.717) is 17.2 Å². The third-order valence-corrected chi connectivity index (χ3v) is 3.50. The van der Waals surface area contributed by atoms with Gasteiger partial charge in [-0.2, -0.15) is 0 Å². The van der Waals surface area contributed by atoms with Crippen LogP contribution in [0.2, 0.25) is 0 Å². The van der Waals surface area contributed by atoms with Crippen LogP contribution in [-0.4, -0.2) is 24.6 Å². The molecule has 1 N–H and O–H groups in total. The van der Waals surface area contributed by atoms with E-state index < -0.39 is 6.61 Å². The van der Waals surface area contributed by atoms with Gasteiger partial charge in [0.15, 0.2) is 5.78 Å². The third-order valence-electron chi connectivity index (χ3n) is 3.50. The highest BCUT2D eigenvalue weighted by atomic mass is 16.5. The Bertz CT molecular complexity index is 406. The molecular formula is C14H18O3. The smallest absolute Gasteiger partial charge is 0.191 e. The van der Waals surface area contributed by atoms with Crippen molar-refractivity contribution in [3.63, 3.8) is 0 Å². The Morgan fingerprint density at radius 1 is 1.41 bits per heavy atom. The minimum absolute atomic E-state index is 0.292. The molecule has 1 aliphatic rings. The minimum atomic E-state index is -0.473. The van der Waals surface area contributed by atoms with Crippen molar-refractivity contribution in [3.05, 3.63) is 29.3 Å². The molecule has 1 fully saturated rings. The first-order valence-electron chi connectivity index (χ1n) is 6.08. The molecule has 0 aliphatic heterocycles. The number of aliphatic hydroxyl groups is 1. The molecule has 17 heavy (non-hydrogen) atoms. The van der Waals surface area contributed by atoms with Gasteiger partial charge in [0.25, 0.3) is 0 Å². The van der Waals surface area contributed by atoms with Crippen molar-refractivity contribution in [2.45, 2.75) is 31.6 Å². The number of hydrogen-bond acceptors (Lipinski definition) is 3. The highest BCUT2D eigenvalue weighted by Crippen LogP contribution is 2.36. The van der Waals surface area contributed by atoms with Gasteiger partial charge in [0.2, 0.25) is 0 Å². The third kappa shape index (κ3) is 2.50. The second-order valence-corrected chi connectivity index (χ2v) is 4.52. The number of carbonyl (C=O) groups is 1. The van der Waals surface area contributed by atoms with Crippen molar-refractivity contribution in [1.82, 2.24) is 0 Å². The maximum absolute atomic E-state index is 11.5. The maximum atomic E-state index is 11.5. The normalized spacial score (nSPS) is 16.1. The Morgan fingerprint density at radius 2 is 2.12 bits per heavy atom. The van der Waals surface area contributed by atoms with Crippen LogP contribution in [0.1, 0.15) is 47.5 Å². The van der Waals surface area contributed by atoms with E-state index in [1.165, 1.54) is 31.2 Å². The highest BCUT2D eigenvalue weighted by molar-refractivity contribution is 5.99. The van der Waals surface area contributed by atoms with Crippen LogP contribution in [0.5, 0.6) is 5.75 Å². The Kier molecular flexibility index (Phi) is 3.79. The van der Waals surface area contributed by atoms with E-state index >= 15 is 0 Å². The van der Waals surface area contributed by atoms with Crippen LogP contribution in [0, 0.1) is 0 Å². The molecule has 0 heterocycles. The number of benzene rings is 1. The van der Waals surface area contributed by atoms with Crippen molar-refractivity contribution in [1.29, 1.82) is 0 Å². The summed E-state index contributed by atoms with van der Waals surface area (Å²) in [5, 5.41) is 8.88. The van der Waals surface area contributed by atoms with E-state index in [4.69, 9.17) is 9.84 Å². The summed E-state index contributed by atoms with van der Waals surface area (Å²) in [5.74, 6) is 0.885. The number of ketones is 1. The van der Waals surface area contributed by atoms with Gasteiger partial charge < -0.3 is 9.84 Å². The SMILES string of the molecule is COc1cc(C2CCCC2)ccc1C(=O)CO. The molecular weight excluding hydrogens is 216 g/mol. The van der Waals surface area contributed by atoms with Crippen LogP contribution in [-0.2, 0) is 0 Å². The summed E-state index contributed by atoms with van der Waals surface area (Å²) in [5.41, 5.74) is 1.71. The number of methoxy groups -OCH3 is 1. The van der Waals surface area contributed by atoms with Crippen LogP contribution in [0.25, 0.3) is 0 Å². The maximum Gasteiger partial charge on any atom is 0.191 e. The van der Waals surface area contributed by atoms with Crippen LogP contribution in [0.4, 0.5) is 0 Å². The van der Waals surface area contributed by atoms with Crippen LogP contribution < -0.4 is 4.74 Å². The number of carbonyl (C=O) groups excluding carboxylic acids is 1. The number of ether oxygens (including phenoxy) is 1. The van der Waals surface area contributed by atoms with E-state index in [2.05, 4.69) is 0 Å². The molecule has 0 atom stereocenters. The molecule has 0 amide bonds. The summed E-state index contributed by atoms with van der Waals surface area (Å²) in [6.07, 6.45) is 5.00. The summed E-state index contributed by atoms with van der Waals surface area (Å²) in [6, 6.07) is 5.70. The summed E-state index contributed by atoms with van der Waals surface area (Å²) in [7, 11) is 1.56. The molecule has 0 saturated heterocycles. The molecule has 1 aromatic rings. The Morgan fingerprint density at radius 3 is 2.71 bits per heavy atom. The van der Waals surface area contributed by atoms with Gasteiger partial charge in [0.05, 0.1) is 12.7 Å². The first kappa shape index (κ1) is 12.1. The monoisotopic (exact) mass is 234 g/mol. The molecule has 3 heteroatoms. The molecule has 1 aromatic carbocycles. The average molecular weight is 234 g/mol. The lowest BCUT2D eigenvalue weighted by Gasteiger charge is -2.13. The van der Waals surface area contributed by atoms with Gasteiger partial charge in [0, 0.05) is 0 Å². The lowest BCUT2D eigenvalue weighted by Crippen LogP contribution is -2.07. The Balaban J connectivity index is 2.30. The summed E-state index contributed by atoms with van der Waals surface area (Å²) in [4.78, 5) is 11.5. The van der Waals surface area contributed by atoms with Gasteiger partial charge in [-0.25, -0.2) is 0 Å². The second kappa shape index (κ2) is 5.32. The minimum Gasteiger partial charge on any atom is -0.496 e. The van der Waals surface area contributed by atoms with E-state index in [1.807, 2.05) is 12.1 Å². The molecule has 0 radical (unpaired) electrons. The van der Waals surface area contributed by atoms with E-state index in [9.17, 15) is 4.79 Å². The quantitative estimate of drug-likeness (QED) is 0.814. The molecule has 2 rings (SSSR count). The van der Waals surface area contributed by atoms with Gasteiger partial charge in [-0.1, -0.05) is 18.9 Å². The van der Waals surface area contributed by atoms with Gasteiger partial charge in [0.1, 0.15) is 12.4 Å². The fourth-order valence-electron chi connectivity index (χ4n) is 2.54. The summed E-state index contributed by atoms with van der Waals surface area (Å²) < 4.78 is 5.24. The second-order valence-electron chi connectivity index (χ2n) is 4.52. The van der Waals surface area contributed by atoms with Crippen molar-refractivity contribution in [2.24, 2.45) is 0 Å². The topological polar surface area (TPSA) is 46.5 Å². The molecule has 0 spiro atoms. The number of rotatable bonds is 4. The molecule has 0 bridgehead atoms. The van der Waals surface area contributed by atoms with Crippen LogP contribution >= 0.6 is 0 Å². The van der Waals surface area contributed by atoms with Crippen molar-refractivity contribution >= 4 is 5.78 Å². The zero-order chi connectivity index (χ0) is 12.3. The standard InChI is InChI=1S/C14H18O3/c1-17-14-8-11(10-4-2-3-5-10)6-7-12(14)13(16)9-15/h6-8,10,15H,2-5,9H2,1H3. The fourth-order valence-corrected chi connectivity index (χ4v) is 2.54. The average Bonchev–Trinajstić information content (AvgIpc) is 2.91. The molecule has 92 valence electrons. The number of hydrogen-bond donors (Lipinski definition) is 1. The lowest BCUT2D eigenvalue weighted by molar-refractivity contribution is 0.0900. The van der Waals surface area contributed by atoms with E-state index in [1.54, 1.807) is 13.2 Å². The van der Waals surface area contributed by atoms with Gasteiger partial charge in [-0.05, 0) is 36.5 Å². The first-order chi connectivity index (χ1) is 8.26. The van der Waals surface area contributed by atoms with Crippen LogP contribution in [0.3, 0.4) is 0 Å². The van der Waals surface area contributed by atoms with E-state index in [-0.39, 0.29) is 5.78 Å². The zero-order valence-electron chi connectivity index (χ0n) is 10.1.